The van der Waals surface area contributed by atoms with E-state index >= 15 is 0 Å². The topological polar surface area (TPSA) is 93.7 Å². The zero-order valence-corrected chi connectivity index (χ0v) is 17.0. The lowest BCUT2D eigenvalue weighted by molar-refractivity contribution is -0.127. The Morgan fingerprint density at radius 3 is 2.17 bits per heavy atom. The summed E-state index contributed by atoms with van der Waals surface area (Å²) in [4.78, 5) is 36.0. The molecule has 2 aromatic rings. The summed E-state index contributed by atoms with van der Waals surface area (Å²) >= 11 is 0. The van der Waals surface area contributed by atoms with Crippen molar-refractivity contribution >= 4 is 17.9 Å². The van der Waals surface area contributed by atoms with E-state index in [4.69, 9.17) is 9.47 Å². The molecule has 154 valence electrons. The minimum atomic E-state index is -1.12. The van der Waals surface area contributed by atoms with E-state index in [1.165, 1.54) is 6.92 Å². The van der Waals surface area contributed by atoms with Crippen LogP contribution in [0.3, 0.4) is 0 Å². The molecule has 0 fully saturated rings. The molecule has 0 aliphatic rings. The highest BCUT2D eigenvalue weighted by molar-refractivity contribution is 5.98. The SMILES string of the molecule is C[C@H](OC(=O)c1ccc(OCc2ccccc2)cc1)C(=O)NC(=O)NC(C)(C)C. The van der Waals surface area contributed by atoms with Gasteiger partial charge in [0.25, 0.3) is 5.91 Å². The van der Waals surface area contributed by atoms with Crippen LogP contribution in [0, 0.1) is 0 Å². The maximum absolute atomic E-state index is 12.2. The number of esters is 1. The largest absolute Gasteiger partial charge is 0.489 e. The molecule has 0 saturated carbocycles. The number of urea groups is 1. The Balaban J connectivity index is 1.84. The standard InChI is InChI=1S/C22H26N2O5/c1-15(19(25)23-21(27)24-22(2,3)4)29-20(26)17-10-12-18(13-11-17)28-14-16-8-6-5-7-9-16/h5-13,15H,14H2,1-4H3,(H2,23,24,25,27)/t15-/m0/s1. The molecule has 0 saturated heterocycles. The molecule has 0 aromatic heterocycles. The number of ether oxygens (including phenoxy) is 2. The maximum Gasteiger partial charge on any atom is 0.338 e. The minimum Gasteiger partial charge on any atom is -0.489 e. The van der Waals surface area contributed by atoms with Crippen molar-refractivity contribution in [1.82, 2.24) is 10.6 Å². The van der Waals surface area contributed by atoms with Crippen LogP contribution in [0.2, 0.25) is 0 Å². The number of carbonyl (C=O) groups excluding carboxylic acids is 3. The maximum atomic E-state index is 12.2. The average molecular weight is 398 g/mol. The van der Waals surface area contributed by atoms with Crippen LogP contribution < -0.4 is 15.4 Å². The lowest BCUT2D eigenvalue weighted by atomic mass is 10.1. The number of carbonyl (C=O) groups is 3. The van der Waals surface area contributed by atoms with E-state index in [0.29, 0.717) is 12.4 Å². The fourth-order valence-electron chi connectivity index (χ4n) is 2.30. The Kier molecular flexibility index (Phi) is 7.36. The van der Waals surface area contributed by atoms with E-state index < -0.39 is 29.6 Å². The number of hydrogen-bond donors (Lipinski definition) is 2. The van der Waals surface area contributed by atoms with E-state index in [-0.39, 0.29) is 5.56 Å². The van der Waals surface area contributed by atoms with Crippen molar-refractivity contribution in [3.8, 4) is 5.75 Å². The molecule has 1 atom stereocenters. The molecule has 2 rings (SSSR count). The van der Waals surface area contributed by atoms with Crippen molar-refractivity contribution in [2.24, 2.45) is 0 Å². The third-order valence-corrected chi connectivity index (χ3v) is 3.72. The molecule has 0 unspecified atom stereocenters. The van der Waals surface area contributed by atoms with E-state index in [9.17, 15) is 14.4 Å². The van der Waals surface area contributed by atoms with Crippen LogP contribution in [0.25, 0.3) is 0 Å². The monoisotopic (exact) mass is 398 g/mol. The molecule has 0 radical (unpaired) electrons. The summed E-state index contributed by atoms with van der Waals surface area (Å²) in [6.07, 6.45) is -1.12. The van der Waals surface area contributed by atoms with Gasteiger partial charge in [0.15, 0.2) is 6.10 Å². The Bertz CT molecular complexity index is 842. The molecular formula is C22H26N2O5. The number of amides is 3. The lowest BCUT2D eigenvalue weighted by Gasteiger charge is -2.21. The highest BCUT2D eigenvalue weighted by atomic mass is 16.5. The van der Waals surface area contributed by atoms with Crippen LogP contribution in [0.15, 0.2) is 54.6 Å². The second kappa shape index (κ2) is 9.73. The molecule has 2 aromatic carbocycles. The van der Waals surface area contributed by atoms with Gasteiger partial charge in [-0.15, -0.1) is 0 Å². The van der Waals surface area contributed by atoms with Crippen molar-refractivity contribution in [2.45, 2.75) is 45.9 Å². The third kappa shape index (κ3) is 7.65. The predicted octanol–water partition coefficient (Wildman–Crippen LogP) is 3.44. The Morgan fingerprint density at radius 2 is 1.59 bits per heavy atom. The number of hydrogen-bond acceptors (Lipinski definition) is 5. The first-order valence-electron chi connectivity index (χ1n) is 9.25. The summed E-state index contributed by atoms with van der Waals surface area (Å²) in [6, 6.07) is 15.5. The highest BCUT2D eigenvalue weighted by Gasteiger charge is 2.22. The molecular weight excluding hydrogens is 372 g/mol. The third-order valence-electron chi connectivity index (χ3n) is 3.72. The van der Waals surface area contributed by atoms with Gasteiger partial charge in [0.1, 0.15) is 12.4 Å². The van der Waals surface area contributed by atoms with Gasteiger partial charge >= 0.3 is 12.0 Å². The van der Waals surface area contributed by atoms with Crippen molar-refractivity contribution in [3.63, 3.8) is 0 Å². The van der Waals surface area contributed by atoms with Crippen LogP contribution in [0.1, 0.15) is 43.6 Å². The first-order valence-corrected chi connectivity index (χ1v) is 9.25. The van der Waals surface area contributed by atoms with E-state index in [1.54, 1.807) is 45.0 Å². The summed E-state index contributed by atoms with van der Waals surface area (Å²) in [5.41, 5.74) is 0.816. The van der Waals surface area contributed by atoms with Gasteiger partial charge in [0, 0.05) is 5.54 Å². The zero-order chi connectivity index (χ0) is 21.4. The van der Waals surface area contributed by atoms with E-state index in [2.05, 4.69) is 10.6 Å². The van der Waals surface area contributed by atoms with Gasteiger partial charge in [-0.25, -0.2) is 9.59 Å². The summed E-state index contributed by atoms with van der Waals surface area (Å²) < 4.78 is 10.8. The normalized spacial score (nSPS) is 11.9. The van der Waals surface area contributed by atoms with Gasteiger partial charge in [-0.3, -0.25) is 10.1 Å². The molecule has 3 amide bonds. The fraction of sp³-hybridized carbons (Fsp3) is 0.318. The van der Waals surface area contributed by atoms with E-state index in [0.717, 1.165) is 5.56 Å². The number of benzene rings is 2. The molecule has 0 bridgehead atoms. The van der Waals surface area contributed by atoms with Crippen LogP contribution in [0.4, 0.5) is 4.79 Å². The molecule has 7 heteroatoms. The van der Waals surface area contributed by atoms with Gasteiger partial charge in [-0.05, 0) is 57.5 Å². The number of nitrogens with one attached hydrogen (secondary N) is 2. The second-order valence-electron chi connectivity index (χ2n) is 7.54. The van der Waals surface area contributed by atoms with Crippen molar-refractivity contribution in [2.75, 3.05) is 0 Å². The quantitative estimate of drug-likeness (QED) is 0.727. The molecule has 0 spiro atoms. The Morgan fingerprint density at radius 1 is 0.966 bits per heavy atom. The molecule has 29 heavy (non-hydrogen) atoms. The molecule has 0 aliphatic carbocycles. The molecule has 2 N–H and O–H groups in total. The fourth-order valence-corrected chi connectivity index (χ4v) is 2.30. The smallest absolute Gasteiger partial charge is 0.338 e. The lowest BCUT2D eigenvalue weighted by Crippen LogP contribution is -2.50. The summed E-state index contributed by atoms with van der Waals surface area (Å²) in [7, 11) is 0. The van der Waals surface area contributed by atoms with Crippen LogP contribution >= 0.6 is 0 Å². The molecule has 0 aliphatic heterocycles. The zero-order valence-electron chi connectivity index (χ0n) is 17.0. The van der Waals surface area contributed by atoms with Crippen LogP contribution in [-0.2, 0) is 16.1 Å². The average Bonchev–Trinajstić information content (AvgIpc) is 2.66. The van der Waals surface area contributed by atoms with Gasteiger partial charge in [0.2, 0.25) is 0 Å². The van der Waals surface area contributed by atoms with Gasteiger partial charge in [0.05, 0.1) is 5.56 Å². The summed E-state index contributed by atoms with van der Waals surface area (Å²) in [5.74, 6) is -0.767. The Hall–Kier alpha value is -3.35. The summed E-state index contributed by atoms with van der Waals surface area (Å²) in [5, 5.41) is 4.74. The summed E-state index contributed by atoms with van der Waals surface area (Å²) in [6.45, 7) is 7.17. The van der Waals surface area contributed by atoms with E-state index in [1.807, 2.05) is 30.3 Å². The number of imide groups is 1. The first kappa shape index (κ1) is 21.9. The second-order valence-corrected chi connectivity index (χ2v) is 7.54. The number of rotatable bonds is 6. The highest BCUT2D eigenvalue weighted by Crippen LogP contribution is 2.15. The van der Waals surface area contributed by atoms with Crippen LogP contribution in [0.5, 0.6) is 5.75 Å². The van der Waals surface area contributed by atoms with Crippen LogP contribution in [-0.4, -0.2) is 29.6 Å². The van der Waals surface area contributed by atoms with Crippen molar-refractivity contribution < 1.29 is 23.9 Å². The minimum absolute atomic E-state index is 0.274. The van der Waals surface area contributed by atoms with Crippen molar-refractivity contribution in [3.05, 3.63) is 65.7 Å². The molecule has 0 heterocycles. The molecule has 7 nitrogen and oxygen atoms in total. The van der Waals surface area contributed by atoms with Crippen molar-refractivity contribution in [1.29, 1.82) is 0 Å². The first-order chi connectivity index (χ1) is 13.6. The van der Waals surface area contributed by atoms with Gasteiger partial charge in [-0.2, -0.15) is 0 Å². The van der Waals surface area contributed by atoms with Gasteiger partial charge < -0.3 is 14.8 Å². The van der Waals surface area contributed by atoms with Gasteiger partial charge in [-0.1, -0.05) is 30.3 Å². The Labute approximate surface area is 170 Å². The predicted molar refractivity (Wildman–Crippen MR) is 109 cm³/mol.